The predicted molar refractivity (Wildman–Crippen MR) is 90.5 cm³/mol. The van der Waals surface area contributed by atoms with Crippen molar-refractivity contribution in [1.82, 2.24) is 10.3 Å². The molecule has 0 radical (unpaired) electrons. The number of nitrogens with one attached hydrogen (secondary N) is 1. The van der Waals surface area contributed by atoms with Crippen molar-refractivity contribution in [3.05, 3.63) is 47.0 Å². The quantitative estimate of drug-likeness (QED) is 0.885. The Kier molecular flexibility index (Phi) is 3.42. The number of thioether (sulfide) groups is 1. The van der Waals surface area contributed by atoms with E-state index >= 15 is 0 Å². The molecule has 1 aliphatic carbocycles. The van der Waals surface area contributed by atoms with Crippen molar-refractivity contribution in [3.63, 3.8) is 0 Å². The van der Waals surface area contributed by atoms with Crippen molar-refractivity contribution >= 4 is 39.8 Å². The molecular formula is C17H15N3OS. The van der Waals surface area contributed by atoms with Gasteiger partial charge in [-0.15, -0.1) is 0 Å². The number of hydrogen-bond acceptors (Lipinski definition) is 4. The van der Waals surface area contributed by atoms with E-state index in [1.54, 1.807) is 6.20 Å². The number of carbonyl (C=O) groups excluding carboxylic acids is 1. The van der Waals surface area contributed by atoms with Gasteiger partial charge in [-0.2, -0.15) is 4.99 Å². The van der Waals surface area contributed by atoms with E-state index in [0.717, 1.165) is 34.1 Å². The number of carbonyl (C=O) groups is 1. The van der Waals surface area contributed by atoms with E-state index in [1.165, 1.54) is 24.6 Å². The van der Waals surface area contributed by atoms with Crippen LogP contribution in [0.3, 0.4) is 0 Å². The number of hydrogen-bond donors (Lipinski definition) is 1. The fraction of sp³-hybridized carbons (Fsp3) is 0.235. The SMILES string of the molecule is O=C1N=C(NCC2CC2)SC1=Cc1ccc2ncccc2c1. The zero-order valence-corrected chi connectivity index (χ0v) is 12.8. The van der Waals surface area contributed by atoms with Crippen molar-refractivity contribution in [3.8, 4) is 0 Å². The molecule has 1 fully saturated rings. The Bertz CT molecular complexity index is 808. The molecule has 0 unspecified atom stereocenters. The van der Waals surface area contributed by atoms with Crippen LogP contribution in [0.15, 0.2) is 46.4 Å². The molecule has 1 N–H and O–H groups in total. The maximum atomic E-state index is 12.0. The Labute approximate surface area is 132 Å². The summed E-state index contributed by atoms with van der Waals surface area (Å²) < 4.78 is 0. The van der Waals surface area contributed by atoms with Gasteiger partial charge >= 0.3 is 0 Å². The van der Waals surface area contributed by atoms with Gasteiger partial charge in [0.15, 0.2) is 5.17 Å². The van der Waals surface area contributed by atoms with Crippen molar-refractivity contribution in [1.29, 1.82) is 0 Å². The molecule has 4 nitrogen and oxygen atoms in total. The second kappa shape index (κ2) is 5.57. The summed E-state index contributed by atoms with van der Waals surface area (Å²) in [6.07, 6.45) is 6.25. The molecule has 0 spiro atoms. The first-order valence-electron chi connectivity index (χ1n) is 7.39. The fourth-order valence-corrected chi connectivity index (χ4v) is 3.19. The summed E-state index contributed by atoms with van der Waals surface area (Å²) in [6, 6.07) is 9.92. The van der Waals surface area contributed by atoms with Gasteiger partial charge in [0.1, 0.15) is 0 Å². The summed E-state index contributed by atoms with van der Waals surface area (Å²) in [4.78, 5) is 21.0. The second-order valence-corrected chi connectivity index (χ2v) is 6.64. The van der Waals surface area contributed by atoms with Crippen LogP contribution < -0.4 is 5.32 Å². The second-order valence-electron chi connectivity index (χ2n) is 5.61. The molecule has 0 bridgehead atoms. The van der Waals surface area contributed by atoms with E-state index in [1.807, 2.05) is 36.4 Å². The lowest BCUT2D eigenvalue weighted by Gasteiger charge is -2.02. The van der Waals surface area contributed by atoms with Crippen LogP contribution >= 0.6 is 11.8 Å². The average Bonchev–Trinajstić information content (AvgIpc) is 3.30. The molecule has 1 aliphatic heterocycles. The van der Waals surface area contributed by atoms with E-state index in [0.29, 0.717) is 4.91 Å². The van der Waals surface area contributed by atoms with Gasteiger partial charge in [-0.25, -0.2) is 0 Å². The molecule has 1 aromatic carbocycles. The van der Waals surface area contributed by atoms with E-state index < -0.39 is 0 Å². The first-order valence-corrected chi connectivity index (χ1v) is 8.21. The molecule has 110 valence electrons. The highest BCUT2D eigenvalue weighted by atomic mass is 32.2. The molecule has 1 saturated carbocycles. The number of aliphatic imine (C=N–C) groups is 1. The number of aromatic nitrogens is 1. The maximum Gasteiger partial charge on any atom is 0.286 e. The zero-order valence-electron chi connectivity index (χ0n) is 12.0. The van der Waals surface area contributed by atoms with Crippen LogP contribution in [0.4, 0.5) is 0 Å². The molecule has 2 aliphatic rings. The highest BCUT2D eigenvalue weighted by Gasteiger charge is 2.25. The maximum absolute atomic E-state index is 12.0. The summed E-state index contributed by atoms with van der Waals surface area (Å²) in [5.74, 6) is 0.606. The third-order valence-electron chi connectivity index (χ3n) is 3.78. The fourth-order valence-electron chi connectivity index (χ4n) is 2.37. The third-order valence-corrected chi connectivity index (χ3v) is 4.73. The van der Waals surface area contributed by atoms with Crippen molar-refractivity contribution < 1.29 is 4.79 Å². The minimum absolute atomic E-state index is 0.158. The van der Waals surface area contributed by atoms with Crippen LogP contribution in [0, 0.1) is 5.92 Å². The first kappa shape index (κ1) is 13.5. The monoisotopic (exact) mass is 309 g/mol. The first-order chi connectivity index (χ1) is 10.8. The Morgan fingerprint density at radius 1 is 1.32 bits per heavy atom. The van der Waals surface area contributed by atoms with Gasteiger partial charge in [-0.1, -0.05) is 12.1 Å². The van der Waals surface area contributed by atoms with Crippen LogP contribution in [0.1, 0.15) is 18.4 Å². The summed E-state index contributed by atoms with van der Waals surface area (Å²) in [7, 11) is 0. The Morgan fingerprint density at radius 3 is 3.09 bits per heavy atom. The Balaban J connectivity index is 1.52. The topological polar surface area (TPSA) is 54.4 Å². The standard InChI is InChI=1S/C17H15N3OS/c21-16-15(22-17(20-16)19-10-11-3-4-11)9-12-5-6-14-13(8-12)2-1-7-18-14/h1-2,5-9,11H,3-4,10H2,(H,19,20,21). The summed E-state index contributed by atoms with van der Waals surface area (Å²) in [6.45, 7) is 0.925. The lowest BCUT2D eigenvalue weighted by Crippen LogP contribution is -2.21. The van der Waals surface area contributed by atoms with Crippen molar-refractivity contribution in [2.75, 3.05) is 6.54 Å². The minimum atomic E-state index is -0.158. The van der Waals surface area contributed by atoms with E-state index in [-0.39, 0.29) is 5.91 Å². The zero-order chi connectivity index (χ0) is 14.9. The average molecular weight is 309 g/mol. The van der Waals surface area contributed by atoms with E-state index in [2.05, 4.69) is 15.3 Å². The van der Waals surface area contributed by atoms with Crippen LogP contribution in [0.2, 0.25) is 0 Å². The molecule has 2 aromatic rings. The van der Waals surface area contributed by atoms with Gasteiger partial charge in [0.05, 0.1) is 10.4 Å². The summed E-state index contributed by atoms with van der Waals surface area (Å²) in [5.41, 5.74) is 1.95. The van der Waals surface area contributed by atoms with Crippen LogP contribution in [-0.4, -0.2) is 22.6 Å². The largest absolute Gasteiger partial charge is 0.364 e. The lowest BCUT2D eigenvalue weighted by molar-refractivity contribution is -0.113. The molecule has 1 amide bonds. The molecule has 1 aromatic heterocycles. The number of pyridine rings is 1. The molecule has 4 rings (SSSR count). The third kappa shape index (κ3) is 2.90. The number of nitrogens with zero attached hydrogens (tertiary/aromatic N) is 2. The van der Waals surface area contributed by atoms with Gasteiger partial charge < -0.3 is 5.32 Å². The van der Waals surface area contributed by atoms with Gasteiger partial charge in [-0.3, -0.25) is 9.78 Å². The number of amides is 1. The minimum Gasteiger partial charge on any atom is -0.364 e. The Hall–Kier alpha value is -2.14. The summed E-state index contributed by atoms with van der Waals surface area (Å²) in [5, 5.41) is 5.06. The van der Waals surface area contributed by atoms with E-state index in [9.17, 15) is 4.79 Å². The molecular weight excluding hydrogens is 294 g/mol. The highest BCUT2D eigenvalue weighted by molar-refractivity contribution is 8.18. The molecule has 5 heteroatoms. The lowest BCUT2D eigenvalue weighted by atomic mass is 10.1. The normalized spacial score (nSPS) is 19.7. The van der Waals surface area contributed by atoms with Crippen molar-refractivity contribution in [2.45, 2.75) is 12.8 Å². The van der Waals surface area contributed by atoms with Crippen molar-refractivity contribution in [2.24, 2.45) is 10.9 Å². The van der Waals surface area contributed by atoms with Crippen LogP contribution in [-0.2, 0) is 4.79 Å². The number of amidine groups is 1. The predicted octanol–water partition coefficient (Wildman–Crippen LogP) is 3.20. The number of rotatable bonds is 3. The van der Waals surface area contributed by atoms with E-state index in [4.69, 9.17) is 0 Å². The smallest absolute Gasteiger partial charge is 0.286 e. The molecule has 0 saturated heterocycles. The van der Waals surface area contributed by atoms with Crippen LogP contribution in [0.25, 0.3) is 17.0 Å². The van der Waals surface area contributed by atoms with Gasteiger partial charge in [0.25, 0.3) is 5.91 Å². The van der Waals surface area contributed by atoms with Gasteiger partial charge in [0.2, 0.25) is 0 Å². The molecule has 22 heavy (non-hydrogen) atoms. The van der Waals surface area contributed by atoms with Gasteiger partial charge in [-0.05, 0) is 60.4 Å². The van der Waals surface area contributed by atoms with Gasteiger partial charge in [0, 0.05) is 18.1 Å². The molecule has 2 heterocycles. The van der Waals surface area contributed by atoms with Crippen LogP contribution in [0.5, 0.6) is 0 Å². The highest BCUT2D eigenvalue weighted by Crippen LogP contribution is 2.31. The summed E-state index contributed by atoms with van der Waals surface area (Å²) >= 11 is 1.42. The molecule has 0 atom stereocenters. The number of benzene rings is 1. The Morgan fingerprint density at radius 2 is 2.23 bits per heavy atom. The number of fused-ring (bicyclic) bond motifs is 1.